The molecule has 2 aromatic heterocycles. The molecule has 2 N–H and O–H groups in total. The molecule has 0 aliphatic carbocycles. The lowest BCUT2D eigenvalue weighted by atomic mass is 10.1. The van der Waals surface area contributed by atoms with Crippen molar-refractivity contribution in [1.29, 1.82) is 0 Å². The fourth-order valence-corrected chi connectivity index (χ4v) is 2.69. The molecule has 0 aliphatic rings. The molecule has 2 amide bonds. The van der Waals surface area contributed by atoms with Crippen molar-refractivity contribution in [3.63, 3.8) is 0 Å². The van der Waals surface area contributed by atoms with Crippen LogP contribution in [-0.2, 0) is 22.7 Å². The molecule has 6 heteroatoms. The van der Waals surface area contributed by atoms with Crippen molar-refractivity contribution >= 4 is 11.8 Å². The Kier molecular flexibility index (Phi) is 8.11. The first-order valence-corrected chi connectivity index (χ1v) is 9.98. The largest absolute Gasteiger partial charge is 0.348 e. The van der Waals surface area contributed by atoms with Crippen LogP contribution in [-0.4, -0.2) is 23.9 Å². The van der Waals surface area contributed by atoms with Crippen LogP contribution in [0.15, 0.2) is 49.1 Å². The van der Waals surface area contributed by atoms with Gasteiger partial charge in [-0.3, -0.25) is 9.59 Å². The maximum atomic E-state index is 12.0. The number of hydrogen-bond acceptors (Lipinski definition) is 2. The molecule has 0 saturated heterocycles. The van der Waals surface area contributed by atoms with E-state index < -0.39 is 0 Å². The van der Waals surface area contributed by atoms with E-state index in [1.165, 1.54) is 0 Å². The number of nitrogens with zero attached hydrogens (tertiary/aromatic N) is 2. The summed E-state index contributed by atoms with van der Waals surface area (Å²) in [7, 11) is 0. The van der Waals surface area contributed by atoms with Gasteiger partial charge in [-0.05, 0) is 37.8 Å². The smallest absolute Gasteiger partial charge is 0.286 e. The minimum absolute atomic E-state index is 0.0171. The van der Waals surface area contributed by atoms with Crippen molar-refractivity contribution in [3.05, 3.63) is 49.1 Å². The summed E-state index contributed by atoms with van der Waals surface area (Å²) < 4.78 is 3.73. The van der Waals surface area contributed by atoms with E-state index in [-0.39, 0.29) is 23.9 Å². The average Bonchev–Trinajstić information content (AvgIpc) is 2.68. The monoisotopic (exact) mass is 384 g/mol. The van der Waals surface area contributed by atoms with Gasteiger partial charge < -0.3 is 10.6 Å². The Morgan fingerprint density at radius 3 is 1.36 bits per heavy atom. The molecule has 0 unspecified atom stereocenters. The first-order chi connectivity index (χ1) is 13.4. The molecular formula is C22H32N4O2+2. The van der Waals surface area contributed by atoms with Gasteiger partial charge in [-0.15, -0.1) is 0 Å². The first-order valence-electron chi connectivity index (χ1n) is 9.98. The molecule has 2 heterocycles. The van der Waals surface area contributed by atoms with E-state index in [4.69, 9.17) is 0 Å². The zero-order chi connectivity index (χ0) is 20.5. The van der Waals surface area contributed by atoms with Gasteiger partial charge in [0, 0.05) is 36.3 Å². The number of rotatable bonds is 9. The van der Waals surface area contributed by atoms with Crippen LogP contribution < -0.4 is 19.8 Å². The summed E-state index contributed by atoms with van der Waals surface area (Å²) in [6.45, 7) is 8.72. The predicted molar refractivity (Wildman–Crippen MR) is 108 cm³/mol. The zero-order valence-corrected chi connectivity index (χ0v) is 17.3. The third-order valence-electron chi connectivity index (χ3n) is 4.81. The third-order valence-corrected chi connectivity index (χ3v) is 4.81. The van der Waals surface area contributed by atoms with Crippen LogP contribution in [0.4, 0.5) is 0 Å². The predicted octanol–water partition coefficient (Wildman–Crippen LogP) is 1.76. The molecule has 0 aromatic carbocycles. The molecule has 0 aliphatic heterocycles. The van der Waals surface area contributed by atoms with E-state index in [0.29, 0.717) is 13.1 Å². The fourth-order valence-electron chi connectivity index (χ4n) is 2.69. The first kappa shape index (κ1) is 21.5. The molecule has 0 bridgehead atoms. The quantitative estimate of drug-likeness (QED) is 0.647. The highest BCUT2D eigenvalue weighted by molar-refractivity contribution is 5.75. The Hall–Kier alpha value is -2.76. The molecule has 0 radical (unpaired) electrons. The van der Waals surface area contributed by atoms with Gasteiger partial charge in [0.05, 0.1) is 0 Å². The number of aromatic nitrogens is 2. The van der Waals surface area contributed by atoms with E-state index in [1.807, 2.05) is 72.0 Å². The van der Waals surface area contributed by atoms with Crippen molar-refractivity contribution < 1.29 is 18.7 Å². The molecular weight excluding hydrogens is 352 g/mol. The van der Waals surface area contributed by atoms with Crippen molar-refractivity contribution in [1.82, 2.24) is 10.6 Å². The van der Waals surface area contributed by atoms with Crippen LogP contribution in [0.3, 0.4) is 0 Å². The number of pyridine rings is 2. The van der Waals surface area contributed by atoms with E-state index in [1.54, 1.807) is 0 Å². The van der Waals surface area contributed by atoms with E-state index >= 15 is 0 Å². The zero-order valence-electron chi connectivity index (χ0n) is 17.3. The molecule has 0 saturated carbocycles. The summed E-state index contributed by atoms with van der Waals surface area (Å²) in [5.41, 5.74) is 2.13. The number of nitrogens with one attached hydrogen (secondary N) is 2. The van der Waals surface area contributed by atoms with Crippen molar-refractivity contribution in [2.24, 2.45) is 0 Å². The normalized spacial score (nSPS) is 12.9. The average molecular weight is 385 g/mol. The van der Waals surface area contributed by atoms with Crippen LogP contribution >= 0.6 is 0 Å². The molecule has 2 atom stereocenters. The van der Waals surface area contributed by atoms with E-state index in [0.717, 1.165) is 24.0 Å². The molecule has 2 rings (SSSR count). The van der Waals surface area contributed by atoms with Crippen molar-refractivity contribution in [2.45, 2.75) is 65.7 Å². The highest BCUT2D eigenvalue weighted by atomic mass is 16.2. The number of carbonyl (C=O) groups is 2. The van der Waals surface area contributed by atoms with Crippen molar-refractivity contribution in [2.75, 3.05) is 0 Å². The summed E-state index contributed by atoms with van der Waals surface area (Å²) in [6, 6.07) is 8.35. The van der Waals surface area contributed by atoms with Gasteiger partial charge in [-0.2, -0.15) is 9.13 Å². The maximum Gasteiger partial charge on any atom is 0.286 e. The molecule has 0 spiro atoms. The molecule has 6 nitrogen and oxygen atoms in total. The van der Waals surface area contributed by atoms with E-state index in [9.17, 15) is 9.59 Å². The van der Waals surface area contributed by atoms with Gasteiger partial charge >= 0.3 is 0 Å². The van der Waals surface area contributed by atoms with Crippen LogP contribution in [0.5, 0.6) is 0 Å². The molecule has 28 heavy (non-hydrogen) atoms. The Labute approximate surface area is 167 Å². The van der Waals surface area contributed by atoms with Crippen LogP contribution in [0, 0.1) is 0 Å². The minimum Gasteiger partial charge on any atom is -0.348 e. The number of hydrogen-bond donors (Lipinski definition) is 2. The fraction of sp³-hybridized carbons (Fsp3) is 0.455. The second-order valence-corrected chi connectivity index (χ2v) is 7.27. The second-order valence-electron chi connectivity index (χ2n) is 7.27. The standard InChI is InChI=1S/C22H30N4O2/c1-5-17(3)23-21(27)15-25-11-7-19(8-12-25)20-9-13-26(14-10-20)16-22(28)24-18(4)6-2/h7-14,17-18H,5-6,15-16H2,1-4H3/p+2/t17-,18-/m0/s1. The second kappa shape index (κ2) is 10.5. The lowest BCUT2D eigenvalue weighted by molar-refractivity contribution is -0.684. The lowest BCUT2D eigenvalue weighted by Gasteiger charge is -2.09. The summed E-state index contributed by atoms with van der Waals surface area (Å²) in [4.78, 5) is 24.0. The maximum absolute atomic E-state index is 12.0. The lowest BCUT2D eigenvalue weighted by Crippen LogP contribution is -2.45. The number of carbonyl (C=O) groups excluding carboxylic acids is 2. The van der Waals surface area contributed by atoms with Crippen LogP contribution in [0.2, 0.25) is 0 Å². The topological polar surface area (TPSA) is 66.0 Å². The van der Waals surface area contributed by atoms with Gasteiger partial charge in [0.1, 0.15) is 0 Å². The molecule has 2 aromatic rings. The van der Waals surface area contributed by atoms with Gasteiger partial charge in [0.25, 0.3) is 11.8 Å². The summed E-state index contributed by atoms with van der Waals surface area (Å²) in [5, 5.41) is 5.93. The molecule has 150 valence electrons. The Morgan fingerprint density at radius 1 is 0.750 bits per heavy atom. The van der Waals surface area contributed by atoms with Crippen LogP contribution in [0.25, 0.3) is 11.1 Å². The van der Waals surface area contributed by atoms with Gasteiger partial charge in [-0.25, -0.2) is 0 Å². The van der Waals surface area contributed by atoms with Gasteiger partial charge in [-0.1, -0.05) is 13.8 Å². The Morgan fingerprint density at radius 2 is 1.07 bits per heavy atom. The highest BCUT2D eigenvalue weighted by Crippen LogP contribution is 2.15. The highest BCUT2D eigenvalue weighted by Gasteiger charge is 2.13. The SMILES string of the molecule is CC[C@H](C)NC(=O)C[n+]1ccc(-c2cc[n+](CC(=O)N[C@@H](C)CC)cc2)cc1. The van der Waals surface area contributed by atoms with Crippen LogP contribution in [0.1, 0.15) is 40.5 Å². The summed E-state index contributed by atoms with van der Waals surface area (Å²) in [6.07, 6.45) is 9.47. The van der Waals surface area contributed by atoms with Gasteiger partial charge in [0.15, 0.2) is 24.8 Å². The molecule has 0 fully saturated rings. The summed E-state index contributed by atoms with van der Waals surface area (Å²) in [5.74, 6) is 0.0343. The van der Waals surface area contributed by atoms with Crippen molar-refractivity contribution in [3.8, 4) is 11.1 Å². The Balaban J connectivity index is 1.94. The summed E-state index contributed by atoms with van der Waals surface area (Å²) >= 11 is 0. The number of amides is 2. The van der Waals surface area contributed by atoms with E-state index in [2.05, 4.69) is 24.5 Å². The Bertz CT molecular complexity index is 705. The third kappa shape index (κ3) is 6.76. The minimum atomic E-state index is 0.0171. The van der Waals surface area contributed by atoms with Gasteiger partial charge in [0.2, 0.25) is 13.1 Å².